The number of aromatic amines is 1. The summed E-state index contributed by atoms with van der Waals surface area (Å²) in [6, 6.07) is 13.2. The monoisotopic (exact) mass is 356 g/mol. The van der Waals surface area contributed by atoms with Gasteiger partial charge >= 0.3 is 0 Å². The highest BCUT2D eigenvalue weighted by molar-refractivity contribution is 5.15. The second kappa shape index (κ2) is 9.31. The Morgan fingerprint density at radius 2 is 2.00 bits per heavy atom. The van der Waals surface area contributed by atoms with E-state index in [4.69, 9.17) is 0 Å². The summed E-state index contributed by atoms with van der Waals surface area (Å²) in [6.45, 7) is 9.63. The van der Waals surface area contributed by atoms with Gasteiger partial charge in [-0.3, -0.25) is 14.9 Å². The van der Waals surface area contributed by atoms with Gasteiger partial charge in [0.2, 0.25) is 0 Å². The molecular weight excluding hydrogens is 324 g/mol. The van der Waals surface area contributed by atoms with Crippen LogP contribution in [0, 0.1) is 5.92 Å². The molecule has 1 atom stereocenters. The van der Waals surface area contributed by atoms with Crippen molar-refractivity contribution in [3.05, 3.63) is 53.3 Å². The number of hydrogen-bond acceptors (Lipinski definition) is 4. The van der Waals surface area contributed by atoms with E-state index in [-0.39, 0.29) is 6.61 Å². The summed E-state index contributed by atoms with van der Waals surface area (Å²) >= 11 is 0. The van der Waals surface area contributed by atoms with E-state index in [9.17, 15) is 5.11 Å². The lowest BCUT2D eigenvalue weighted by molar-refractivity contribution is 0.0494. The van der Waals surface area contributed by atoms with E-state index in [1.54, 1.807) is 0 Å². The van der Waals surface area contributed by atoms with Gasteiger partial charge in [-0.1, -0.05) is 44.2 Å². The number of piperazine rings is 1. The van der Waals surface area contributed by atoms with Gasteiger partial charge in [0.25, 0.3) is 0 Å². The molecule has 0 amide bonds. The highest BCUT2D eigenvalue weighted by atomic mass is 16.3. The van der Waals surface area contributed by atoms with Gasteiger partial charge in [-0.25, -0.2) is 0 Å². The minimum Gasteiger partial charge on any atom is -0.396 e. The molecule has 1 saturated heterocycles. The Morgan fingerprint density at radius 3 is 2.73 bits per heavy atom. The summed E-state index contributed by atoms with van der Waals surface area (Å²) in [7, 11) is 0. The topological polar surface area (TPSA) is 55.4 Å². The predicted molar refractivity (Wildman–Crippen MR) is 105 cm³/mol. The lowest BCUT2D eigenvalue weighted by Crippen LogP contribution is -2.52. The van der Waals surface area contributed by atoms with E-state index in [1.165, 1.54) is 11.3 Å². The van der Waals surface area contributed by atoms with E-state index < -0.39 is 0 Å². The van der Waals surface area contributed by atoms with Gasteiger partial charge in [0.1, 0.15) is 0 Å². The van der Waals surface area contributed by atoms with Crippen LogP contribution in [0.4, 0.5) is 0 Å². The van der Waals surface area contributed by atoms with Gasteiger partial charge in [-0.2, -0.15) is 5.10 Å². The number of nitrogens with one attached hydrogen (secondary N) is 1. The van der Waals surface area contributed by atoms with Crippen LogP contribution < -0.4 is 0 Å². The summed E-state index contributed by atoms with van der Waals surface area (Å²) in [5, 5.41) is 17.2. The van der Waals surface area contributed by atoms with Crippen LogP contribution in [0.1, 0.15) is 37.2 Å². The average molecular weight is 357 g/mol. The Kier molecular flexibility index (Phi) is 6.83. The molecule has 2 aromatic rings. The molecule has 2 heterocycles. The molecule has 0 spiro atoms. The molecule has 0 saturated carbocycles. The number of nitrogens with zero attached hydrogens (tertiary/aromatic N) is 3. The van der Waals surface area contributed by atoms with E-state index >= 15 is 0 Å². The number of aliphatic hydroxyl groups excluding tert-OH is 1. The second-order valence-electron chi connectivity index (χ2n) is 7.84. The van der Waals surface area contributed by atoms with E-state index in [0.29, 0.717) is 12.0 Å². The molecular formula is C21H32N4O. The maximum Gasteiger partial charge on any atom is 0.0628 e. The third-order valence-corrected chi connectivity index (χ3v) is 5.07. The maximum atomic E-state index is 9.50. The molecule has 2 N–H and O–H groups in total. The third kappa shape index (κ3) is 5.40. The lowest BCUT2D eigenvalue weighted by Gasteiger charge is -2.41. The summed E-state index contributed by atoms with van der Waals surface area (Å²) in [5.74, 6) is 0.626. The Bertz CT molecular complexity index is 655. The summed E-state index contributed by atoms with van der Waals surface area (Å²) in [4.78, 5) is 4.99. The normalized spacial score (nSPS) is 19.3. The Labute approximate surface area is 157 Å². The molecule has 0 unspecified atom stereocenters. The molecule has 26 heavy (non-hydrogen) atoms. The van der Waals surface area contributed by atoms with Crippen molar-refractivity contribution in [2.45, 2.75) is 45.8 Å². The molecule has 1 aromatic carbocycles. The van der Waals surface area contributed by atoms with Crippen molar-refractivity contribution in [3.8, 4) is 0 Å². The Morgan fingerprint density at radius 1 is 1.19 bits per heavy atom. The quantitative estimate of drug-likeness (QED) is 0.764. The van der Waals surface area contributed by atoms with E-state index in [1.807, 2.05) is 0 Å². The molecule has 142 valence electrons. The molecule has 1 aliphatic rings. The van der Waals surface area contributed by atoms with Crippen LogP contribution in [0.3, 0.4) is 0 Å². The third-order valence-electron chi connectivity index (χ3n) is 5.07. The fourth-order valence-corrected chi connectivity index (χ4v) is 3.80. The smallest absolute Gasteiger partial charge is 0.0628 e. The van der Waals surface area contributed by atoms with Crippen molar-refractivity contribution < 1.29 is 5.11 Å². The van der Waals surface area contributed by atoms with Crippen LogP contribution in [0.15, 0.2) is 36.4 Å². The number of benzene rings is 1. The fraction of sp³-hybridized carbons (Fsp3) is 0.571. The number of rotatable bonds is 8. The van der Waals surface area contributed by atoms with Crippen molar-refractivity contribution in [2.24, 2.45) is 5.92 Å². The number of aliphatic hydroxyl groups is 1. The van der Waals surface area contributed by atoms with Crippen molar-refractivity contribution in [2.75, 3.05) is 26.2 Å². The summed E-state index contributed by atoms with van der Waals surface area (Å²) in [5.41, 5.74) is 3.69. The van der Waals surface area contributed by atoms with Gasteiger partial charge in [-0.15, -0.1) is 0 Å². The second-order valence-corrected chi connectivity index (χ2v) is 7.84. The van der Waals surface area contributed by atoms with Gasteiger partial charge in [-0.05, 0) is 30.4 Å². The largest absolute Gasteiger partial charge is 0.396 e. The van der Waals surface area contributed by atoms with Gasteiger partial charge in [0, 0.05) is 51.1 Å². The number of H-pyrrole nitrogens is 1. The molecule has 1 aromatic heterocycles. The minimum atomic E-state index is 0.242. The highest BCUT2D eigenvalue weighted by Gasteiger charge is 2.26. The molecule has 3 rings (SSSR count). The van der Waals surface area contributed by atoms with E-state index in [0.717, 1.165) is 51.3 Å². The molecule has 5 heteroatoms. The molecule has 0 aliphatic carbocycles. The molecule has 0 bridgehead atoms. The average Bonchev–Trinajstić information content (AvgIpc) is 3.04. The zero-order valence-corrected chi connectivity index (χ0v) is 16.1. The molecule has 1 aliphatic heterocycles. The first-order chi connectivity index (χ1) is 12.6. The molecule has 5 nitrogen and oxygen atoms in total. The molecule has 0 radical (unpaired) electrons. The first-order valence-corrected chi connectivity index (χ1v) is 9.78. The van der Waals surface area contributed by atoms with Crippen molar-refractivity contribution in [1.29, 1.82) is 0 Å². The summed E-state index contributed by atoms with van der Waals surface area (Å²) in [6.07, 6.45) is 1.85. The van der Waals surface area contributed by atoms with Crippen molar-refractivity contribution in [1.82, 2.24) is 20.0 Å². The van der Waals surface area contributed by atoms with Crippen LogP contribution in [-0.4, -0.2) is 57.4 Å². The first kappa shape index (κ1) is 19.1. The van der Waals surface area contributed by atoms with Gasteiger partial charge < -0.3 is 5.11 Å². The van der Waals surface area contributed by atoms with E-state index in [2.05, 4.69) is 70.2 Å². The van der Waals surface area contributed by atoms with Crippen LogP contribution in [0.2, 0.25) is 0 Å². The maximum absolute atomic E-state index is 9.50. The predicted octanol–water partition coefficient (Wildman–Crippen LogP) is 2.68. The minimum absolute atomic E-state index is 0.242. The number of aromatic nitrogens is 2. The van der Waals surface area contributed by atoms with Crippen LogP contribution >= 0.6 is 0 Å². The van der Waals surface area contributed by atoms with Crippen LogP contribution in [0.25, 0.3) is 0 Å². The molecule has 1 fully saturated rings. The van der Waals surface area contributed by atoms with Crippen LogP contribution in [-0.2, 0) is 19.5 Å². The lowest BCUT2D eigenvalue weighted by atomic mass is 10.1. The van der Waals surface area contributed by atoms with Gasteiger partial charge in [0.05, 0.1) is 5.69 Å². The fourth-order valence-electron chi connectivity index (χ4n) is 3.80. The summed E-state index contributed by atoms with van der Waals surface area (Å²) < 4.78 is 0. The zero-order chi connectivity index (χ0) is 18.4. The Balaban J connectivity index is 1.57. The first-order valence-electron chi connectivity index (χ1n) is 9.78. The standard InChI is InChI=1S/C21H32N4O/c1-17(2)12-19-13-20(23-22-19)15-24-9-10-25(21(16-24)8-11-26)14-18-6-4-3-5-7-18/h3-7,13,17,21,26H,8-12,14-16H2,1-2H3,(H,22,23)/t21-/m1/s1. The van der Waals surface area contributed by atoms with Crippen LogP contribution in [0.5, 0.6) is 0 Å². The highest BCUT2D eigenvalue weighted by Crippen LogP contribution is 2.18. The number of hydrogen-bond donors (Lipinski definition) is 2. The van der Waals surface area contributed by atoms with Crippen molar-refractivity contribution in [3.63, 3.8) is 0 Å². The Hall–Kier alpha value is -1.69. The van der Waals surface area contributed by atoms with Crippen molar-refractivity contribution >= 4 is 0 Å². The van der Waals surface area contributed by atoms with Gasteiger partial charge in [0.15, 0.2) is 0 Å². The SMILES string of the molecule is CC(C)Cc1cc(CN2CCN(Cc3ccccc3)[C@H](CCO)C2)[nH]n1. The zero-order valence-electron chi connectivity index (χ0n) is 16.1.